The number of rotatable bonds is 6. The Labute approximate surface area is 109 Å². The minimum atomic E-state index is -3.39. The first-order valence-corrected chi connectivity index (χ1v) is 8.26. The van der Waals surface area contributed by atoms with Gasteiger partial charge in [0.25, 0.3) is 0 Å². The fraction of sp³-hybridized carbons (Fsp3) is 0.917. The summed E-state index contributed by atoms with van der Waals surface area (Å²) in [5.41, 5.74) is 0. The number of hydrogen-bond donors (Lipinski definition) is 1. The van der Waals surface area contributed by atoms with E-state index in [1.807, 2.05) is 0 Å². The standard InChI is InChI=1S/C12H23NO4S/c1-3-17-12(14)10(2)13-18(15,16)9-11-7-5-4-6-8-11/h10-11,13H,3-9H2,1-2H3. The molecular weight excluding hydrogens is 254 g/mol. The third-order valence-electron chi connectivity index (χ3n) is 3.18. The SMILES string of the molecule is CCOC(=O)C(C)NS(=O)(=O)CC1CCCCC1. The Bertz CT molecular complexity index is 360. The van der Waals surface area contributed by atoms with Gasteiger partial charge in [-0.1, -0.05) is 19.3 Å². The highest BCUT2D eigenvalue weighted by atomic mass is 32.2. The van der Waals surface area contributed by atoms with Crippen molar-refractivity contribution >= 4 is 16.0 Å². The number of ether oxygens (including phenoxy) is 1. The van der Waals surface area contributed by atoms with Gasteiger partial charge in [0.1, 0.15) is 6.04 Å². The van der Waals surface area contributed by atoms with Gasteiger partial charge in [0, 0.05) is 0 Å². The Kier molecular flexibility index (Phi) is 6.08. The third kappa shape index (κ3) is 5.35. The van der Waals surface area contributed by atoms with Crippen molar-refractivity contribution < 1.29 is 17.9 Å². The molecule has 0 heterocycles. The predicted molar refractivity (Wildman–Crippen MR) is 69.6 cm³/mol. The molecule has 1 fully saturated rings. The number of carbonyl (C=O) groups excluding carboxylic acids is 1. The minimum absolute atomic E-state index is 0.122. The third-order valence-corrected chi connectivity index (χ3v) is 4.80. The lowest BCUT2D eigenvalue weighted by atomic mass is 9.91. The number of nitrogens with one attached hydrogen (secondary N) is 1. The van der Waals surface area contributed by atoms with Gasteiger partial charge in [-0.2, -0.15) is 0 Å². The Morgan fingerprint density at radius 1 is 1.33 bits per heavy atom. The molecule has 5 nitrogen and oxygen atoms in total. The van der Waals surface area contributed by atoms with E-state index in [0.717, 1.165) is 25.7 Å². The van der Waals surface area contributed by atoms with Crippen LogP contribution in [-0.2, 0) is 19.6 Å². The maximum Gasteiger partial charge on any atom is 0.323 e. The maximum atomic E-state index is 11.9. The van der Waals surface area contributed by atoms with Gasteiger partial charge in [0.05, 0.1) is 12.4 Å². The molecular formula is C12H23NO4S. The molecule has 0 aromatic carbocycles. The van der Waals surface area contributed by atoms with E-state index in [-0.39, 0.29) is 18.3 Å². The summed E-state index contributed by atoms with van der Waals surface area (Å²) < 4.78 is 31.0. The average Bonchev–Trinajstić information content (AvgIpc) is 2.29. The van der Waals surface area contributed by atoms with E-state index < -0.39 is 22.0 Å². The summed E-state index contributed by atoms with van der Waals surface area (Å²) >= 11 is 0. The highest BCUT2D eigenvalue weighted by Gasteiger charge is 2.25. The number of esters is 1. The highest BCUT2D eigenvalue weighted by molar-refractivity contribution is 7.89. The molecule has 0 aliphatic heterocycles. The number of carbonyl (C=O) groups is 1. The topological polar surface area (TPSA) is 72.5 Å². The van der Waals surface area contributed by atoms with Gasteiger partial charge in [-0.15, -0.1) is 0 Å². The Hall–Kier alpha value is -0.620. The molecule has 1 unspecified atom stereocenters. The zero-order valence-corrected chi connectivity index (χ0v) is 12.0. The summed E-state index contributed by atoms with van der Waals surface area (Å²) in [7, 11) is -3.39. The highest BCUT2D eigenvalue weighted by Crippen LogP contribution is 2.24. The van der Waals surface area contributed by atoms with Gasteiger partial charge in [0.15, 0.2) is 0 Å². The van der Waals surface area contributed by atoms with Crippen molar-refractivity contribution in [3.63, 3.8) is 0 Å². The van der Waals surface area contributed by atoms with Crippen LogP contribution in [0.1, 0.15) is 46.0 Å². The van der Waals surface area contributed by atoms with Crippen molar-refractivity contribution in [1.29, 1.82) is 0 Å². The van der Waals surface area contributed by atoms with Crippen LogP contribution in [-0.4, -0.2) is 32.8 Å². The largest absolute Gasteiger partial charge is 0.465 e. The first-order valence-electron chi connectivity index (χ1n) is 6.61. The molecule has 1 saturated carbocycles. The van der Waals surface area contributed by atoms with Gasteiger partial charge in [0.2, 0.25) is 10.0 Å². The fourth-order valence-corrected chi connectivity index (χ4v) is 3.98. The van der Waals surface area contributed by atoms with Crippen molar-refractivity contribution in [2.24, 2.45) is 5.92 Å². The van der Waals surface area contributed by atoms with Crippen LogP contribution in [0.5, 0.6) is 0 Å². The predicted octanol–water partition coefficient (Wildman–Crippen LogP) is 1.44. The van der Waals surface area contributed by atoms with E-state index >= 15 is 0 Å². The quantitative estimate of drug-likeness (QED) is 0.746. The summed E-state index contributed by atoms with van der Waals surface area (Å²) in [6, 6.07) is -0.807. The van der Waals surface area contributed by atoms with E-state index in [1.165, 1.54) is 13.3 Å². The van der Waals surface area contributed by atoms with Crippen LogP contribution in [0.4, 0.5) is 0 Å². The molecule has 0 spiro atoms. The van der Waals surface area contributed by atoms with Crippen LogP contribution >= 0.6 is 0 Å². The zero-order valence-electron chi connectivity index (χ0n) is 11.1. The lowest BCUT2D eigenvalue weighted by Crippen LogP contribution is -2.42. The molecule has 1 atom stereocenters. The number of hydrogen-bond acceptors (Lipinski definition) is 4. The van der Waals surface area contributed by atoms with Crippen LogP contribution in [0.3, 0.4) is 0 Å². The van der Waals surface area contributed by atoms with Gasteiger partial charge >= 0.3 is 5.97 Å². The van der Waals surface area contributed by atoms with Gasteiger partial charge in [-0.3, -0.25) is 4.79 Å². The molecule has 0 aromatic rings. The van der Waals surface area contributed by atoms with E-state index in [0.29, 0.717) is 0 Å². The molecule has 0 aromatic heterocycles. The van der Waals surface area contributed by atoms with E-state index in [2.05, 4.69) is 4.72 Å². The molecule has 6 heteroatoms. The zero-order chi connectivity index (χ0) is 13.6. The monoisotopic (exact) mass is 277 g/mol. The van der Waals surface area contributed by atoms with Crippen molar-refractivity contribution in [3.8, 4) is 0 Å². The molecule has 1 N–H and O–H groups in total. The Morgan fingerprint density at radius 3 is 2.50 bits per heavy atom. The molecule has 106 valence electrons. The molecule has 0 radical (unpaired) electrons. The van der Waals surface area contributed by atoms with Crippen molar-refractivity contribution in [1.82, 2.24) is 4.72 Å². The van der Waals surface area contributed by atoms with Crippen LogP contribution in [0.15, 0.2) is 0 Å². The second-order valence-electron chi connectivity index (χ2n) is 4.88. The van der Waals surface area contributed by atoms with E-state index in [4.69, 9.17) is 4.74 Å². The summed E-state index contributed by atoms with van der Waals surface area (Å²) in [6.07, 6.45) is 5.34. The van der Waals surface area contributed by atoms with Crippen molar-refractivity contribution in [3.05, 3.63) is 0 Å². The molecule has 1 rings (SSSR count). The fourth-order valence-electron chi connectivity index (χ4n) is 2.30. The van der Waals surface area contributed by atoms with E-state index in [1.54, 1.807) is 6.92 Å². The minimum Gasteiger partial charge on any atom is -0.465 e. The maximum absolute atomic E-state index is 11.9. The molecule has 1 aliphatic rings. The Morgan fingerprint density at radius 2 is 1.94 bits per heavy atom. The summed E-state index contributed by atoms with van der Waals surface area (Å²) in [4.78, 5) is 11.4. The lowest BCUT2D eigenvalue weighted by molar-refractivity contribution is -0.144. The summed E-state index contributed by atoms with van der Waals surface area (Å²) in [6.45, 7) is 3.46. The number of sulfonamides is 1. The summed E-state index contributed by atoms with van der Waals surface area (Å²) in [5, 5.41) is 0. The molecule has 0 bridgehead atoms. The van der Waals surface area contributed by atoms with Crippen LogP contribution < -0.4 is 4.72 Å². The normalized spacial score (nSPS) is 19.4. The molecule has 18 heavy (non-hydrogen) atoms. The summed E-state index contributed by atoms with van der Waals surface area (Å²) in [5.74, 6) is -0.174. The second-order valence-corrected chi connectivity index (χ2v) is 6.68. The first-order chi connectivity index (χ1) is 8.44. The molecule has 1 aliphatic carbocycles. The van der Waals surface area contributed by atoms with Crippen LogP contribution in [0.25, 0.3) is 0 Å². The molecule has 0 saturated heterocycles. The van der Waals surface area contributed by atoms with Crippen molar-refractivity contribution in [2.45, 2.75) is 52.0 Å². The Balaban J connectivity index is 2.45. The second kappa shape index (κ2) is 7.09. The molecule has 0 amide bonds. The van der Waals surface area contributed by atoms with Gasteiger partial charge in [-0.25, -0.2) is 13.1 Å². The van der Waals surface area contributed by atoms with E-state index in [9.17, 15) is 13.2 Å². The van der Waals surface area contributed by atoms with Crippen LogP contribution in [0, 0.1) is 5.92 Å². The smallest absolute Gasteiger partial charge is 0.323 e. The average molecular weight is 277 g/mol. The van der Waals surface area contributed by atoms with Gasteiger partial charge < -0.3 is 4.74 Å². The van der Waals surface area contributed by atoms with Crippen molar-refractivity contribution in [2.75, 3.05) is 12.4 Å². The van der Waals surface area contributed by atoms with Gasteiger partial charge in [-0.05, 0) is 32.6 Å². The van der Waals surface area contributed by atoms with Crippen LogP contribution in [0.2, 0.25) is 0 Å². The first kappa shape index (κ1) is 15.4. The lowest BCUT2D eigenvalue weighted by Gasteiger charge is -2.22.